The standard InChI is InChI=1S/C22H27N3O3/c1-14-8-6-9-15(2)21(14)24-20(27)13-25(5)16(3)22(28)23-19-11-7-10-18(12-19)17(4)26/h6-12,16H,13H2,1-5H3,(H,23,28)(H,24,27)/t16-/m1/s1. The first-order valence-electron chi connectivity index (χ1n) is 9.17. The van der Waals surface area contributed by atoms with Crippen LogP contribution >= 0.6 is 0 Å². The number of likely N-dealkylation sites (N-methyl/N-ethyl adjacent to an activating group) is 1. The highest BCUT2D eigenvalue weighted by atomic mass is 16.2. The molecule has 0 spiro atoms. The number of carbonyl (C=O) groups is 3. The third-order valence-corrected chi connectivity index (χ3v) is 4.72. The Morgan fingerprint density at radius 1 is 1.00 bits per heavy atom. The molecule has 0 unspecified atom stereocenters. The summed E-state index contributed by atoms with van der Waals surface area (Å²) in [5, 5.41) is 5.72. The van der Waals surface area contributed by atoms with Gasteiger partial charge in [0.15, 0.2) is 5.78 Å². The van der Waals surface area contributed by atoms with Crippen molar-refractivity contribution in [3.8, 4) is 0 Å². The van der Waals surface area contributed by atoms with Crippen LogP contribution in [0.4, 0.5) is 11.4 Å². The maximum atomic E-state index is 12.5. The zero-order valence-corrected chi connectivity index (χ0v) is 17.0. The SMILES string of the molecule is CC(=O)c1cccc(NC(=O)[C@@H](C)N(C)CC(=O)Nc2c(C)cccc2C)c1. The lowest BCUT2D eigenvalue weighted by Gasteiger charge is -2.23. The number of ketones is 1. The number of amides is 2. The van der Waals surface area contributed by atoms with Gasteiger partial charge in [0, 0.05) is 16.9 Å². The molecule has 2 aromatic rings. The molecule has 0 aromatic heterocycles. The molecular weight excluding hydrogens is 354 g/mol. The summed E-state index contributed by atoms with van der Waals surface area (Å²) in [7, 11) is 1.72. The molecule has 0 saturated carbocycles. The molecule has 0 fully saturated rings. The fourth-order valence-electron chi connectivity index (χ4n) is 2.82. The van der Waals surface area contributed by atoms with E-state index in [1.165, 1.54) is 6.92 Å². The van der Waals surface area contributed by atoms with Gasteiger partial charge in [0.1, 0.15) is 0 Å². The number of benzene rings is 2. The van der Waals surface area contributed by atoms with Crippen molar-refractivity contribution in [1.29, 1.82) is 0 Å². The third-order valence-electron chi connectivity index (χ3n) is 4.72. The zero-order valence-electron chi connectivity index (χ0n) is 17.0. The van der Waals surface area contributed by atoms with Crippen LogP contribution in [-0.4, -0.2) is 42.1 Å². The van der Waals surface area contributed by atoms with E-state index >= 15 is 0 Å². The quantitative estimate of drug-likeness (QED) is 0.721. The highest BCUT2D eigenvalue weighted by Gasteiger charge is 2.21. The molecule has 0 aliphatic rings. The predicted molar refractivity (Wildman–Crippen MR) is 112 cm³/mol. The second kappa shape index (κ2) is 9.28. The highest BCUT2D eigenvalue weighted by Crippen LogP contribution is 2.19. The zero-order chi connectivity index (χ0) is 20.8. The fourth-order valence-corrected chi connectivity index (χ4v) is 2.82. The maximum Gasteiger partial charge on any atom is 0.241 e. The predicted octanol–water partition coefficient (Wildman–Crippen LogP) is 3.40. The van der Waals surface area contributed by atoms with Gasteiger partial charge in [-0.3, -0.25) is 19.3 Å². The molecule has 0 heterocycles. The molecule has 1 atom stereocenters. The maximum absolute atomic E-state index is 12.5. The number of hydrogen-bond donors (Lipinski definition) is 2. The third kappa shape index (κ3) is 5.50. The number of para-hydroxylation sites is 1. The molecular formula is C22H27N3O3. The Morgan fingerprint density at radius 2 is 1.61 bits per heavy atom. The summed E-state index contributed by atoms with van der Waals surface area (Å²) in [6.45, 7) is 7.17. The smallest absolute Gasteiger partial charge is 0.241 e. The first-order valence-corrected chi connectivity index (χ1v) is 9.17. The molecule has 2 aromatic carbocycles. The van der Waals surface area contributed by atoms with E-state index in [0.717, 1.165) is 16.8 Å². The largest absolute Gasteiger partial charge is 0.325 e. The number of aryl methyl sites for hydroxylation is 2. The summed E-state index contributed by atoms with van der Waals surface area (Å²) in [6.07, 6.45) is 0. The van der Waals surface area contributed by atoms with Crippen molar-refractivity contribution >= 4 is 29.0 Å². The van der Waals surface area contributed by atoms with E-state index in [0.29, 0.717) is 11.3 Å². The number of Topliss-reactive ketones (excluding diaryl/α,β-unsaturated/α-hetero) is 1. The van der Waals surface area contributed by atoms with Gasteiger partial charge < -0.3 is 10.6 Å². The normalized spacial score (nSPS) is 11.8. The Kier molecular flexibility index (Phi) is 7.06. The van der Waals surface area contributed by atoms with Crippen LogP contribution in [0.2, 0.25) is 0 Å². The van der Waals surface area contributed by atoms with E-state index < -0.39 is 6.04 Å². The lowest BCUT2D eigenvalue weighted by molar-refractivity contribution is -0.122. The van der Waals surface area contributed by atoms with Gasteiger partial charge in [-0.2, -0.15) is 0 Å². The Bertz CT molecular complexity index is 872. The summed E-state index contributed by atoms with van der Waals surface area (Å²) in [4.78, 5) is 38.1. The van der Waals surface area contributed by atoms with Crippen LogP contribution in [0.5, 0.6) is 0 Å². The summed E-state index contributed by atoms with van der Waals surface area (Å²) in [5.74, 6) is -0.495. The number of carbonyl (C=O) groups excluding carboxylic acids is 3. The first-order chi connectivity index (χ1) is 13.2. The molecule has 6 nitrogen and oxygen atoms in total. The number of nitrogens with zero attached hydrogens (tertiary/aromatic N) is 1. The van der Waals surface area contributed by atoms with Crippen LogP contribution in [0.15, 0.2) is 42.5 Å². The minimum absolute atomic E-state index is 0.0653. The van der Waals surface area contributed by atoms with Crippen molar-refractivity contribution in [3.05, 3.63) is 59.2 Å². The number of hydrogen-bond acceptors (Lipinski definition) is 4. The van der Waals surface area contributed by atoms with Crippen molar-refractivity contribution in [1.82, 2.24) is 4.90 Å². The number of nitrogens with one attached hydrogen (secondary N) is 2. The summed E-state index contributed by atoms with van der Waals surface area (Å²) >= 11 is 0. The topological polar surface area (TPSA) is 78.5 Å². The number of rotatable bonds is 7. The van der Waals surface area contributed by atoms with Crippen molar-refractivity contribution in [2.45, 2.75) is 33.7 Å². The van der Waals surface area contributed by atoms with Crippen molar-refractivity contribution in [3.63, 3.8) is 0 Å². The molecule has 28 heavy (non-hydrogen) atoms. The minimum atomic E-state index is -0.523. The van der Waals surface area contributed by atoms with E-state index in [9.17, 15) is 14.4 Å². The van der Waals surface area contributed by atoms with Crippen LogP contribution in [0.25, 0.3) is 0 Å². The minimum Gasteiger partial charge on any atom is -0.325 e. The van der Waals surface area contributed by atoms with E-state index in [4.69, 9.17) is 0 Å². The average molecular weight is 381 g/mol. The van der Waals surface area contributed by atoms with Crippen LogP contribution in [0.1, 0.15) is 35.3 Å². The average Bonchev–Trinajstić information content (AvgIpc) is 2.64. The Labute approximate surface area is 165 Å². The lowest BCUT2D eigenvalue weighted by atomic mass is 10.1. The second-order valence-corrected chi connectivity index (χ2v) is 7.03. The van der Waals surface area contributed by atoms with Gasteiger partial charge in [-0.15, -0.1) is 0 Å². The summed E-state index contributed by atoms with van der Waals surface area (Å²) < 4.78 is 0. The van der Waals surface area contributed by atoms with Crippen LogP contribution < -0.4 is 10.6 Å². The molecule has 0 bridgehead atoms. The molecule has 2 N–H and O–H groups in total. The van der Waals surface area contributed by atoms with Gasteiger partial charge in [0.2, 0.25) is 11.8 Å². The number of anilines is 2. The Hall–Kier alpha value is -2.99. The van der Waals surface area contributed by atoms with Crippen molar-refractivity contribution in [2.75, 3.05) is 24.2 Å². The summed E-state index contributed by atoms with van der Waals surface area (Å²) in [5.41, 5.74) is 3.88. The molecule has 0 aliphatic heterocycles. The molecule has 2 amide bonds. The Balaban J connectivity index is 1.96. The molecule has 0 radical (unpaired) electrons. The van der Waals surface area contributed by atoms with E-state index in [-0.39, 0.29) is 24.1 Å². The monoisotopic (exact) mass is 381 g/mol. The lowest BCUT2D eigenvalue weighted by Crippen LogP contribution is -2.43. The van der Waals surface area contributed by atoms with Gasteiger partial charge >= 0.3 is 0 Å². The van der Waals surface area contributed by atoms with E-state index in [2.05, 4.69) is 10.6 Å². The molecule has 2 rings (SSSR count). The van der Waals surface area contributed by atoms with Gasteiger partial charge in [0.25, 0.3) is 0 Å². The molecule has 148 valence electrons. The van der Waals surface area contributed by atoms with Crippen LogP contribution in [0.3, 0.4) is 0 Å². The van der Waals surface area contributed by atoms with Crippen LogP contribution in [0, 0.1) is 13.8 Å². The highest BCUT2D eigenvalue weighted by molar-refractivity contribution is 5.99. The molecule has 6 heteroatoms. The molecule has 0 aliphatic carbocycles. The van der Waals surface area contributed by atoms with Crippen molar-refractivity contribution in [2.24, 2.45) is 0 Å². The van der Waals surface area contributed by atoms with Crippen LogP contribution in [-0.2, 0) is 9.59 Å². The first kappa shape index (κ1) is 21.3. The molecule has 0 saturated heterocycles. The van der Waals surface area contributed by atoms with E-state index in [1.807, 2.05) is 32.0 Å². The van der Waals surface area contributed by atoms with Gasteiger partial charge in [0.05, 0.1) is 12.6 Å². The second-order valence-electron chi connectivity index (χ2n) is 7.03. The summed E-state index contributed by atoms with van der Waals surface area (Å²) in [6, 6.07) is 12.1. The van der Waals surface area contributed by atoms with Crippen molar-refractivity contribution < 1.29 is 14.4 Å². The van der Waals surface area contributed by atoms with Gasteiger partial charge in [-0.05, 0) is 58.0 Å². The van der Waals surface area contributed by atoms with Gasteiger partial charge in [-0.1, -0.05) is 30.3 Å². The fraction of sp³-hybridized carbons (Fsp3) is 0.318. The van der Waals surface area contributed by atoms with E-state index in [1.54, 1.807) is 43.1 Å². The van der Waals surface area contributed by atoms with Gasteiger partial charge in [-0.25, -0.2) is 0 Å². The Morgan fingerprint density at radius 3 is 2.21 bits per heavy atom.